The Kier molecular flexibility index (Phi) is 6.74. The third kappa shape index (κ3) is 4.65. The molecule has 3 aromatic rings. The normalized spacial score (nSPS) is 20.7. The monoisotopic (exact) mass is 552 g/mol. The number of urea groups is 1. The Morgan fingerprint density at radius 3 is 2.21 bits per heavy atom. The van der Waals surface area contributed by atoms with Gasteiger partial charge in [-0.3, -0.25) is 0 Å². The van der Waals surface area contributed by atoms with Crippen molar-refractivity contribution in [3.05, 3.63) is 40.5 Å². The minimum Gasteiger partial charge on any atom is -0.368 e. The molecule has 2 amide bonds. The molecule has 0 bridgehead atoms. The van der Waals surface area contributed by atoms with E-state index in [-0.39, 0.29) is 16.5 Å². The van der Waals surface area contributed by atoms with E-state index < -0.39 is 16.1 Å². The van der Waals surface area contributed by atoms with Gasteiger partial charge in [0, 0.05) is 24.8 Å². The summed E-state index contributed by atoms with van der Waals surface area (Å²) in [5.41, 5.74) is 6.81. The number of fused-ring (bicyclic) bond motifs is 3. The number of benzene rings is 2. The Labute approximate surface area is 229 Å². The average Bonchev–Trinajstić information content (AvgIpc) is 3.67. The molecule has 0 aliphatic heterocycles. The fourth-order valence-electron chi connectivity index (χ4n) is 6.94. The maximum atomic E-state index is 13.4. The van der Waals surface area contributed by atoms with Crippen molar-refractivity contribution in [2.45, 2.75) is 81.2 Å². The first-order valence-electron chi connectivity index (χ1n) is 13.9. The average molecular weight is 553 g/mol. The molecule has 208 valence electrons. The third-order valence-corrected chi connectivity index (χ3v) is 10.2. The van der Waals surface area contributed by atoms with Crippen LogP contribution in [0.5, 0.6) is 0 Å². The van der Waals surface area contributed by atoms with E-state index in [4.69, 9.17) is 4.63 Å². The lowest BCUT2D eigenvalue weighted by Crippen LogP contribution is -2.50. The fourth-order valence-corrected chi connectivity index (χ4v) is 7.98. The second-order valence-corrected chi connectivity index (χ2v) is 13.0. The van der Waals surface area contributed by atoms with E-state index in [9.17, 15) is 13.2 Å². The Morgan fingerprint density at radius 2 is 1.54 bits per heavy atom. The summed E-state index contributed by atoms with van der Waals surface area (Å²) in [5, 5.41) is 10.9. The van der Waals surface area contributed by atoms with Gasteiger partial charge in [0.05, 0.1) is 5.69 Å². The van der Waals surface area contributed by atoms with Crippen LogP contribution in [0.2, 0.25) is 0 Å². The Hall–Kier alpha value is -3.18. The molecule has 10 nitrogen and oxygen atoms in total. The molecule has 0 spiro atoms. The molecule has 3 aliphatic carbocycles. The Morgan fingerprint density at radius 1 is 0.897 bits per heavy atom. The summed E-state index contributed by atoms with van der Waals surface area (Å²) >= 11 is 0. The van der Waals surface area contributed by atoms with E-state index in [1.807, 2.05) is 7.05 Å². The van der Waals surface area contributed by atoms with Crippen molar-refractivity contribution in [2.75, 3.05) is 31.4 Å². The first kappa shape index (κ1) is 26.1. The summed E-state index contributed by atoms with van der Waals surface area (Å²) in [4.78, 5) is 17.4. The zero-order chi connectivity index (χ0) is 27.3. The molecule has 1 fully saturated rings. The Bertz CT molecular complexity index is 1500. The van der Waals surface area contributed by atoms with Crippen molar-refractivity contribution in [2.24, 2.45) is 0 Å². The minimum atomic E-state index is -4.25. The molecule has 0 saturated heterocycles. The number of nitrogens with zero attached hydrogens (tertiary/aromatic N) is 4. The van der Waals surface area contributed by atoms with Crippen molar-refractivity contribution < 1.29 is 17.8 Å². The van der Waals surface area contributed by atoms with Crippen LogP contribution in [0.4, 0.5) is 16.2 Å². The number of aryl methyl sites for hydroxylation is 2. The number of likely N-dealkylation sites (N-methyl/N-ethyl adjacent to an activating group) is 2. The van der Waals surface area contributed by atoms with Crippen LogP contribution < -0.4 is 14.9 Å². The van der Waals surface area contributed by atoms with Gasteiger partial charge in [-0.15, -0.1) is 0 Å². The van der Waals surface area contributed by atoms with Crippen molar-refractivity contribution >= 4 is 38.5 Å². The summed E-state index contributed by atoms with van der Waals surface area (Å²) in [6.07, 6.45) is 10.3. The van der Waals surface area contributed by atoms with E-state index in [1.54, 1.807) is 6.07 Å². The zero-order valence-electron chi connectivity index (χ0n) is 22.8. The van der Waals surface area contributed by atoms with Crippen molar-refractivity contribution in [1.29, 1.82) is 0 Å². The highest BCUT2D eigenvalue weighted by molar-refractivity contribution is 7.90. The summed E-state index contributed by atoms with van der Waals surface area (Å²) in [5.74, 6) is 0. The molecule has 0 radical (unpaired) electrons. The molecule has 2 aromatic carbocycles. The van der Waals surface area contributed by atoms with Crippen LogP contribution in [0, 0.1) is 0 Å². The van der Waals surface area contributed by atoms with Gasteiger partial charge in [0.2, 0.25) is 0 Å². The Balaban J connectivity index is 1.27. The standard InChI is InChI=1S/C28H36N6O4S/c1-33(2)21-12-4-5-13-22(21)34(3)23-14-15-24(27-26(23)30-38-31-27)39(36,37)32-28(35)29-25-19-10-6-8-17(19)16-18-9-7-11-20(18)25/h14-16,21-22H,4-13H2,1-3H3,(H2,29,32,35)/t21-,22-/m1/s1. The molecule has 1 heterocycles. The number of anilines is 2. The topological polar surface area (TPSA) is 121 Å². The first-order valence-corrected chi connectivity index (χ1v) is 15.4. The predicted molar refractivity (Wildman–Crippen MR) is 150 cm³/mol. The highest BCUT2D eigenvalue weighted by atomic mass is 32.2. The maximum Gasteiger partial charge on any atom is 0.333 e. The predicted octanol–water partition coefficient (Wildman–Crippen LogP) is 4.02. The second-order valence-electron chi connectivity index (χ2n) is 11.3. The highest BCUT2D eigenvalue weighted by Crippen LogP contribution is 2.39. The van der Waals surface area contributed by atoms with Gasteiger partial charge in [-0.2, -0.15) is 0 Å². The van der Waals surface area contributed by atoms with E-state index in [2.05, 4.69) is 50.3 Å². The van der Waals surface area contributed by atoms with Crippen LogP contribution in [0.25, 0.3) is 11.0 Å². The van der Waals surface area contributed by atoms with Crippen LogP contribution in [0.1, 0.15) is 60.8 Å². The summed E-state index contributed by atoms with van der Waals surface area (Å²) in [7, 11) is 1.94. The first-order chi connectivity index (χ1) is 18.7. The third-order valence-electron chi connectivity index (χ3n) is 8.82. The molecule has 39 heavy (non-hydrogen) atoms. The number of hydrogen-bond donors (Lipinski definition) is 2. The number of hydrogen-bond acceptors (Lipinski definition) is 8. The second kappa shape index (κ2) is 10.1. The van der Waals surface area contributed by atoms with Gasteiger partial charge in [0.1, 0.15) is 4.90 Å². The van der Waals surface area contributed by atoms with Crippen LogP contribution in [0.3, 0.4) is 0 Å². The highest BCUT2D eigenvalue weighted by Gasteiger charge is 2.33. The number of nitrogens with one attached hydrogen (secondary N) is 2. The van der Waals surface area contributed by atoms with Crippen molar-refractivity contribution in [1.82, 2.24) is 19.9 Å². The lowest BCUT2D eigenvalue weighted by Gasteiger charge is -2.42. The molecular weight excluding hydrogens is 516 g/mol. The molecule has 1 saturated carbocycles. The largest absolute Gasteiger partial charge is 0.368 e. The van der Waals surface area contributed by atoms with Gasteiger partial charge in [-0.1, -0.05) is 18.9 Å². The van der Waals surface area contributed by atoms with Crippen LogP contribution in [0.15, 0.2) is 27.7 Å². The lowest BCUT2D eigenvalue weighted by atomic mass is 9.88. The molecule has 6 rings (SSSR count). The van der Waals surface area contributed by atoms with Crippen LogP contribution >= 0.6 is 0 Å². The number of aromatic nitrogens is 2. The van der Waals surface area contributed by atoms with E-state index in [0.29, 0.717) is 11.6 Å². The van der Waals surface area contributed by atoms with Crippen molar-refractivity contribution in [3.63, 3.8) is 0 Å². The summed E-state index contributed by atoms with van der Waals surface area (Å²) in [6, 6.07) is 5.33. The molecule has 0 unspecified atom stereocenters. The number of rotatable bonds is 6. The molecule has 11 heteroatoms. The van der Waals surface area contributed by atoms with Gasteiger partial charge in [0.25, 0.3) is 10.0 Å². The number of carbonyl (C=O) groups is 1. The van der Waals surface area contributed by atoms with Gasteiger partial charge >= 0.3 is 6.03 Å². The number of carbonyl (C=O) groups excluding carboxylic acids is 1. The molecular formula is C28H36N6O4S. The number of sulfonamides is 1. The van der Waals surface area contributed by atoms with Gasteiger partial charge in [-0.25, -0.2) is 22.6 Å². The van der Waals surface area contributed by atoms with Gasteiger partial charge in [0.15, 0.2) is 11.0 Å². The zero-order valence-corrected chi connectivity index (χ0v) is 23.6. The smallest absolute Gasteiger partial charge is 0.333 e. The fraction of sp³-hybridized carbons (Fsp3) is 0.536. The van der Waals surface area contributed by atoms with Gasteiger partial charge < -0.3 is 15.1 Å². The summed E-state index contributed by atoms with van der Waals surface area (Å²) in [6.45, 7) is 0. The van der Waals surface area contributed by atoms with Crippen molar-refractivity contribution in [3.8, 4) is 0 Å². The van der Waals surface area contributed by atoms with E-state index >= 15 is 0 Å². The van der Waals surface area contributed by atoms with Gasteiger partial charge in [-0.05, 0) is 110 Å². The minimum absolute atomic E-state index is 0.110. The molecule has 2 atom stereocenters. The quantitative estimate of drug-likeness (QED) is 0.471. The lowest BCUT2D eigenvalue weighted by molar-refractivity contribution is 0.197. The number of amides is 2. The molecule has 3 aliphatic rings. The molecule has 2 N–H and O–H groups in total. The van der Waals surface area contributed by atoms with E-state index in [0.717, 1.165) is 80.3 Å². The van der Waals surface area contributed by atoms with Crippen LogP contribution in [-0.2, 0) is 35.7 Å². The van der Waals surface area contributed by atoms with Crippen LogP contribution in [-0.4, -0.2) is 62.9 Å². The summed E-state index contributed by atoms with van der Waals surface area (Å²) < 4.78 is 34.1. The molecule has 1 aromatic heterocycles. The van der Waals surface area contributed by atoms with E-state index in [1.165, 1.54) is 23.6 Å². The maximum absolute atomic E-state index is 13.4. The SMILES string of the molecule is CN(C)[C@@H]1CCCC[C@H]1N(C)c1ccc(S(=O)(=O)NC(=O)Nc2c3c(cc4c2CCC4)CCC3)c2nonc12.